The summed E-state index contributed by atoms with van der Waals surface area (Å²) in [6, 6.07) is 4.70. The minimum atomic E-state index is -0.768. The summed E-state index contributed by atoms with van der Waals surface area (Å²) in [6.07, 6.45) is -0.768. The molecule has 70 valence electrons. The first-order valence-corrected chi connectivity index (χ1v) is 4.12. The molecule has 0 saturated heterocycles. The van der Waals surface area contributed by atoms with Crippen LogP contribution in [0.2, 0.25) is 0 Å². The van der Waals surface area contributed by atoms with Crippen LogP contribution in [0.5, 0.6) is 0 Å². The molecular weight excluding hydrogens is 167 g/mol. The molecule has 1 nitrogen and oxygen atoms in total. The Morgan fingerprint density at radius 2 is 2.15 bits per heavy atom. The highest BCUT2D eigenvalue weighted by Crippen LogP contribution is 2.21. The van der Waals surface area contributed by atoms with Crippen molar-refractivity contribution < 1.29 is 9.50 Å². The van der Waals surface area contributed by atoms with Gasteiger partial charge in [0.25, 0.3) is 0 Å². The van der Waals surface area contributed by atoms with Crippen molar-refractivity contribution in [1.29, 1.82) is 0 Å². The number of hydrogen-bond donors (Lipinski definition) is 1. The van der Waals surface area contributed by atoms with Gasteiger partial charge in [0.05, 0.1) is 6.10 Å². The number of halogens is 1. The summed E-state index contributed by atoms with van der Waals surface area (Å²) in [4.78, 5) is 0. The molecule has 13 heavy (non-hydrogen) atoms. The van der Waals surface area contributed by atoms with E-state index in [-0.39, 0.29) is 5.82 Å². The summed E-state index contributed by atoms with van der Waals surface area (Å²) < 4.78 is 13.1. The smallest absolute Gasteiger partial charge is 0.126 e. The molecule has 0 aromatic heterocycles. The van der Waals surface area contributed by atoms with Gasteiger partial charge in [-0.05, 0) is 36.6 Å². The number of aryl methyl sites for hydroxylation is 1. The Balaban J connectivity index is 3.03. The van der Waals surface area contributed by atoms with Crippen LogP contribution in [0.3, 0.4) is 0 Å². The molecule has 0 amide bonds. The van der Waals surface area contributed by atoms with E-state index in [4.69, 9.17) is 0 Å². The molecule has 0 spiro atoms. The molecule has 1 N–H and O–H groups in total. The fourth-order valence-corrected chi connectivity index (χ4v) is 1.06. The maximum absolute atomic E-state index is 13.1. The minimum Gasteiger partial charge on any atom is -0.384 e. The van der Waals surface area contributed by atoms with E-state index in [1.54, 1.807) is 26.0 Å². The van der Waals surface area contributed by atoms with Crippen molar-refractivity contribution in [2.45, 2.75) is 20.0 Å². The van der Waals surface area contributed by atoms with E-state index in [0.717, 1.165) is 0 Å². The molecule has 0 aliphatic carbocycles. The van der Waals surface area contributed by atoms with Crippen molar-refractivity contribution in [3.05, 3.63) is 47.3 Å². The predicted molar refractivity (Wildman–Crippen MR) is 50.9 cm³/mol. The summed E-state index contributed by atoms with van der Waals surface area (Å²) in [5.41, 5.74) is 1.75. The first kappa shape index (κ1) is 9.93. The Hall–Kier alpha value is -1.15. The second-order valence-electron chi connectivity index (χ2n) is 3.26. The van der Waals surface area contributed by atoms with E-state index in [1.807, 2.05) is 0 Å². The molecule has 0 fully saturated rings. The molecule has 0 bridgehead atoms. The zero-order chi connectivity index (χ0) is 10.0. The van der Waals surface area contributed by atoms with Crippen LogP contribution in [-0.4, -0.2) is 5.11 Å². The Morgan fingerprint density at radius 3 is 2.62 bits per heavy atom. The van der Waals surface area contributed by atoms with Crippen LogP contribution in [-0.2, 0) is 0 Å². The monoisotopic (exact) mass is 180 g/mol. The Kier molecular flexibility index (Phi) is 2.83. The van der Waals surface area contributed by atoms with E-state index in [0.29, 0.717) is 16.7 Å². The van der Waals surface area contributed by atoms with Gasteiger partial charge in [-0.3, -0.25) is 0 Å². The van der Waals surface area contributed by atoms with E-state index >= 15 is 0 Å². The van der Waals surface area contributed by atoms with Gasteiger partial charge in [0, 0.05) is 0 Å². The Morgan fingerprint density at radius 1 is 1.54 bits per heavy atom. The zero-order valence-corrected chi connectivity index (χ0v) is 7.84. The number of rotatable bonds is 2. The maximum atomic E-state index is 13.1. The van der Waals surface area contributed by atoms with Crippen LogP contribution in [0.1, 0.15) is 24.2 Å². The summed E-state index contributed by atoms with van der Waals surface area (Å²) in [5.74, 6) is -0.294. The predicted octanol–water partition coefficient (Wildman–Crippen LogP) is 2.74. The van der Waals surface area contributed by atoms with E-state index in [1.165, 1.54) is 6.07 Å². The molecule has 1 aromatic rings. The molecule has 1 atom stereocenters. The SMILES string of the molecule is C=C(C)C(O)c1ccc(C)c(F)c1. The third-order valence-corrected chi connectivity index (χ3v) is 1.98. The number of benzene rings is 1. The Bertz CT molecular complexity index is 331. The van der Waals surface area contributed by atoms with Crippen LogP contribution >= 0.6 is 0 Å². The number of aliphatic hydroxyl groups is 1. The van der Waals surface area contributed by atoms with Gasteiger partial charge in [-0.15, -0.1) is 0 Å². The van der Waals surface area contributed by atoms with Crippen LogP contribution in [0.15, 0.2) is 30.4 Å². The topological polar surface area (TPSA) is 20.2 Å². The van der Waals surface area contributed by atoms with E-state index in [9.17, 15) is 9.50 Å². The minimum absolute atomic E-state index is 0.294. The lowest BCUT2D eigenvalue weighted by Gasteiger charge is -2.10. The lowest BCUT2D eigenvalue weighted by atomic mass is 10.0. The Labute approximate surface area is 77.5 Å². The van der Waals surface area contributed by atoms with Gasteiger partial charge in [-0.25, -0.2) is 4.39 Å². The first-order chi connectivity index (χ1) is 6.02. The lowest BCUT2D eigenvalue weighted by molar-refractivity contribution is 0.216. The fraction of sp³-hybridized carbons (Fsp3) is 0.273. The van der Waals surface area contributed by atoms with Crippen LogP contribution in [0.25, 0.3) is 0 Å². The lowest BCUT2D eigenvalue weighted by Crippen LogP contribution is -1.99. The number of aliphatic hydroxyl groups excluding tert-OH is 1. The van der Waals surface area contributed by atoms with Crippen LogP contribution in [0.4, 0.5) is 4.39 Å². The molecule has 0 radical (unpaired) electrons. The van der Waals surface area contributed by atoms with Crippen molar-refractivity contribution >= 4 is 0 Å². The van der Waals surface area contributed by atoms with Gasteiger partial charge < -0.3 is 5.11 Å². The average molecular weight is 180 g/mol. The molecule has 0 heterocycles. The van der Waals surface area contributed by atoms with Crippen LogP contribution in [0, 0.1) is 12.7 Å². The molecule has 0 aliphatic heterocycles. The van der Waals surface area contributed by atoms with Gasteiger partial charge in [-0.1, -0.05) is 18.7 Å². The summed E-state index contributed by atoms with van der Waals surface area (Å²) >= 11 is 0. The fourth-order valence-electron chi connectivity index (χ4n) is 1.06. The van der Waals surface area contributed by atoms with E-state index in [2.05, 4.69) is 6.58 Å². The second-order valence-corrected chi connectivity index (χ2v) is 3.26. The zero-order valence-electron chi connectivity index (χ0n) is 7.84. The van der Waals surface area contributed by atoms with E-state index < -0.39 is 6.10 Å². The van der Waals surface area contributed by atoms with Crippen molar-refractivity contribution in [1.82, 2.24) is 0 Å². The van der Waals surface area contributed by atoms with Crippen molar-refractivity contribution in [2.75, 3.05) is 0 Å². The molecule has 2 heteroatoms. The van der Waals surface area contributed by atoms with Crippen molar-refractivity contribution in [3.63, 3.8) is 0 Å². The number of hydrogen-bond acceptors (Lipinski definition) is 1. The van der Waals surface area contributed by atoms with Gasteiger partial charge in [-0.2, -0.15) is 0 Å². The molecule has 0 aliphatic rings. The van der Waals surface area contributed by atoms with Crippen LogP contribution < -0.4 is 0 Å². The first-order valence-electron chi connectivity index (χ1n) is 4.12. The molecule has 1 aromatic carbocycles. The maximum Gasteiger partial charge on any atom is 0.126 e. The highest BCUT2D eigenvalue weighted by molar-refractivity contribution is 5.28. The van der Waals surface area contributed by atoms with Gasteiger partial charge >= 0.3 is 0 Å². The van der Waals surface area contributed by atoms with Gasteiger partial charge in [0.1, 0.15) is 5.82 Å². The third kappa shape index (κ3) is 2.16. The summed E-state index contributed by atoms with van der Waals surface area (Å²) in [7, 11) is 0. The highest BCUT2D eigenvalue weighted by Gasteiger charge is 2.09. The standard InChI is InChI=1S/C11H13FO/c1-7(2)11(13)9-5-4-8(3)10(12)6-9/h4-6,11,13H,1H2,2-3H3. The van der Waals surface area contributed by atoms with Crippen molar-refractivity contribution in [3.8, 4) is 0 Å². The third-order valence-electron chi connectivity index (χ3n) is 1.98. The van der Waals surface area contributed by atoms with Gasteiger partial charge in [0.15, 0.2) is 0 Å². The normalized spacial score (nSPS) is 12.6. The molecule has 0 saturated carbocycles. The summed E-state index contributed by atoms with van der Waals surface area (Å²) in [5, 5.41) is 9.55. The van der Waals surface area contributed by atoms with Crippen molar-refractivity contribution in [2.24, 2.45) is 0 Å². The van der Waals surface area contributed by atoms with Gasteiger partial charge in [0.2, 0.25) is 0 Å². The molecule has 1 unspecified atom stereocenters. The second kappa shape index (κ2) is 3.71. The molecule has 1 rings (SSSR count). The quantitative estimate of drug-likeness (QED) is 0.694. The average Bonchev–Trinajstić information content (AvgIpc) is 2.08. The largest absolute Gasteiger partial charge is 0.384 e. The summed E-state index contributed by atoms with van der Waals surface area (Å²) in [6.45, 7) is 7.01. The highest BCUT2D eigenvalue weighted by atomic mass is 19.1. The molecular formula is C11H13FO.